The average Bonchev–Trinajstić information content (AvgIpc) is 3.06. The van der Waals surface area contributed by atoms with Gasteiger partial charge >= 0.3 is 12.1 Å². The van der Waals surface area contributed by atoms with Gasteiger partial charge in [0.2, 0.25) is 0 Å². The van der Waals surface area contributed by atoms with E-state index in [1.54, 1.807) is 12.1 Å². The van der Waals surface area contributed by atoms with Gasteiger partial charge in [0.25, 0.3) is 0 Å². The third-order valence-corrected chi connectivity index (χ3v) is 3.73. The third-order valence-electron chi connectivity index (χ3n) is 3.73. The van der Waals surface area contributed by atoms with Crippen LogP contribution in [0.1, 0.15) is 17.7 Å². The van der Waals surface area contributed by atoms with Gasteiger partial charge in [-0.05, 0) is 35.6 Å². The van der Waals surface area contributed by atoms with Crippen LogP contribution in [0.3, 0.4) is 0 Å². The summed E-state index contributed by atoms with van der Waals surface area (Å²) in [5.74, 6) is 0.162. The van der Waals surface area contributed by atoms with Gasteiger partial charge in [0.15, 0.2) is 5.69 Å². The Bertz CT molecular complexity index is 945. The first-order valence-corrected chi connectivity index (χ1v) is 7.73. The van der Waals surface area contributed by atoms with Crippen LogP contribution in [0.4, 0.5) is 24.9 Å². The molecule has 3 rings (SSSR count). The summed E-state index contributed by atoms with van der Waals surface area (Å²) in [6.45, 7) is 0.498. The van der Waals surface area contributed by atoms with E-state index in [0.29, 0.717) is 36.3 Å². The number of hydrogen-bond donors (Lipinski definition) is 2. The molecule has 0 fully saturated rings. The Hall–Kier alpha value is -2.88. The number of alkyl halides is 3. The monoisotopic (exact) mass is 401 g/mol. The molecule has 0 unspecified atom stereocenters. The maximum absolute atomic E-state index is 12.8. The summed E-state index contributed by atoms with van der Waals surface area (Å²) in [7, 11) is 0. The van der Waals surface area contributed by atoms with Gasteiger partial charge in [0.1, 0.15) is 12.0 Å². The smallest absolute Gasteiger partial charge is 0.390 e. The number of benzene rings is 1. The number of fused-ring (bicyclic) bond motifs is 1. The van der Waals surface area contributed by atoms with Crippen LogP contribution in [-0.4, -0.2) is 26.4 Å². The van der Waals surface area contributed by atoms with Gasteiger partial charge in [-0.1, -0.05) is 11.1 Å². The average molecular weight is 402 g/mol. The zero-order chi connectivity index (χ0) is 18.7. The molecule has 11 heteroatoms. The molecule has 7 nitrogen and oxygen atoms in total. The molecule has 0 radical (unpaired) electrons. The molecule has 27 heavy (non-hydrogen) atoms. The summed E-state index contributed by atoms with van der Waals surface area (Å²) in [5.41, 5.74) is 0.0855. The second-order valence-electron chi connectivity index (χ2n) is 5.60. The minimum atomic E-state index is -4.41. The highest BCUT2D eigenvalue weighted by molar-refractivity contribution is 5.85. The number of nitro groups is 1. The number of aryl methyl sites for hydroxylation is 1. The second-order valence-corrected chi connectivity index (χ2v) is 5.60. The largest absolute Gasteiger partial charge is 0.432 e. The number of rotatable bonds is 6. The van der Waals surface area contributed by atoms with E-state index in [4.69, 9.17) is 0 Å². The topological polar surface area (TPSA) is 96.7 Å². The Morgan fingerprint density at radius 2 is 1.93 bits per heavy atom. The summed E-state index contributed by atoms with van der Waals surface area (Å²) < 4.78 is 38.4. The van der Waals surface area contributed by atoms with E-state index < -0.39 is 16.7 Å². The maximum Gasteiger partial charge on any atom is 0.432 e. The number of anilines is 1. The number of halogens is 4. The molecule has 144 valence electrons. The van der Waals surface area contributed by atoms with Gasteiger partial charge in [-0.2, -0.15) is 13.2 Å². The number of H-pyrrole nitrogens is 1. The van der Waals surface area contributed by atoms with Crippen molar-refractivity contribution in [2.24, 2.45) is 0 Å². The molecular formula is C16H15ClF3N5O2. The van der Waals surface area contributed by atoms with Crippen LogP contribution in [0.2, 0.25) is 0 Å². The van der Waals surface area contributed by atoms with Gasteiger partial charge in [0, 0.05) is 18.4 Å². The summed E-state index contributed by atoms with van der Waals surface area (Å²) >= 11 is 0. The van der Waals surface area contributed by atoms with Crippen LogP contribution >= 0.6 is 12.4 Å². The van der Waals surface area contributed by atoms with E-state index in [1.807, 2.05) is 0 Å². The van der Waals surface area contributed by atoms with Crippen molar-refractivity contribution < 1.29 is 18.1 Å². The highest BCUT2D eigenvalue weighted by atomic mass is 35.5. The van der Waals surface area contributed by atoms with Gasteiger partial charge in [0.05, 0.1) is 11.1 Å². The molecule has 0 aliphatic rings. The molecule has 3 aromatic rings. The number of pyridine rings is 1. The summed E-state index contributed by atoms with van der Waals surface area (Å²) in [5, 5.41) is 14.2. The third kappa shape index (κ3) is 5.07. The molecule has 0 saturated heterocycles. The Morgan fingerprint density at radius 3 is 2.59 bits per heavy atom. The highest BCUT2D eigenvalue weighted by Gasteiger charge is 2.30. The van der Waals surface area contributed by atoms with Crippen LogP contribution in [0, 0.1) is 10.1 Å². The molecule has 0 spiro atoms. The fourth-order valence-corrected chi connectivity index (χ4v) is 2.45. The molecule has 0 bridgehead atoms. The number of aromatic nitrogens is 3. The van der Waals surface area contributed by atoms with Crippen LogP contribution in [-0.2, 0) is 12.6 Å². The van der Waals surface area contributed by atoms with E-state index in [9.17, 15) is 23.3 Å². The maximum atomic E-state index is 12.8. The van der Waals surface area contributed by atoms with Gasteiger partial charge in [-0.15, -0.1) is 12.4 Å². The van der Waals surface area contributed by atoms with Gasteiger partial charge in [-0.25, -0.2) is 9.97 Å². The van der Waals surface area contributed by atoms with Gasteiger partial charge < -0.3 is 15.4 Å². The van der Waals surface area contributed by atoms with E-state index >= 15 is 0 Å². The molecule has 0 saturated carbocycles. The lowest BCUT2D eigenvalue weighted by Gasteiger charge is -2.09. The number of imidazole rings is 1. The quantitative estimate of drug-likeness (QED) is 0.363. The minimum absolute atomic E-state index is 0. The number of nitrogens with one attached hydrogen (secondary N) is 2. The molecule has 0 amide bonds. The van der Waals surface area contributed by atoms with Crippen molar-refractivity contribution in [1.82, 2.24) is 15.0 Å². The second kappa shape index (κ2) is 8.21. The first kappa shape index (κ1) is 20.4. The van der Waals surface area contributed by atoms with Crippen LogP contribution in [0.25, 0.3) is 10.9 Å². The van der Waals surface area contributed by atoms with Crippen molar-refractivity contribution in [3.63, 3.8) is 0 Å². The zero-order valence-electron chi connectivity index (χ0n) is 13.8. The lowest BCUT2D eigenvalue weighted by atomic mass is 10.1. The molecule has 0 aliphatic carbocycles. The lowest BCUT2D eigenvalue weighted by Crippen LogP contribution is -2.06. The normalized spacial score (nSPS) is 11.2. The fourth-order valence-electron chi connectivity index (χ4n) is 2.45. The Balaban J connectivity index is 0.00000261. The van der Waals surface area contributed by atoms with Crippen LogP contribution in [0.15, 0.2) is 36.5 Å². The van der Waals surface area contributed by atoms with Crippen molar-refractivity contribution in [3.05, 3.63) is 57.9 Å². The van der Waals surface area contributed by atoms with E-state index in [-0.39, 0.29) is 23.9 Å². The van der Waals surface area contributed by atoms with E-state index in [0.717, 1.165) is 12.1 Å². The van der Waals surface area contributed by atoms with Gasteiger partial charge in [-0.3, -0.25) is 0 Å². The molecule has 0 aliphatic heterocycles. The van der Waals surface area contributed by atoms with Crippen molar-refractivity contribution in [2.45, 2.75) is 19.0 Å². The summed E-state index contributed by atoms with van der Waals surface area (Å²) in [6.07, 6.45) is -1.79. The molecule has 0 atom stereocenters. The molecule has 2 N–H and O–H groups in total. The first-order chi connectivity index (χ1) is 12.3. The Morgan fingerprint density at radius 1 is 1.19 bits per heavy atom. The van der Waals surface area contributed by atoms with E-state index in [1.165, 1.54) is 12.3 Å². The summed E-state index contributed by atoms with van der Waals surface area (Å²) in [4.78, 5) is 20.4. The molecule has 2 heterocycles. The summed E-state index contributed by atoms with van der Waals surface area (Å²) in [6, 6.07) is 6.82. The zero-order valence-corrected chi connectivity index (χ0v) is 14.6. The number of hydrogen-bond acceptors (Lipinski definition) is 5. The van der Waals surface area contributed by atoms with Crippen molar-refractivity contribution >= 4 is 35.1 Å². The van der Waals surface area contributed by atoms with E-state index in [2.05, 4.69) is 20.3 Å². The van der Waals surface area contributed by atoms with Crippen molar-refractivity contribution in [3.8, 4) is 0 Å². The lowest BCUT2D eigenvalue weighted by molar-refractivity contribution is -0.393. The molecule has 1 aromatic carbocycles. The standard InChI is InChI=1S/C16H14F3N5O2.ClH/c17-16(18,19)11-5-3-10-4-6-14(23-13(10)8-11)20-7-1-2-12-9-21-15(22-12)24(25)26;/h3-6,8-9H,1-2,7H2,(H,20,23)(H,21,22);1H. The molecule has 2 aromatic heterocycles. The Kier molecular flexibility index (Phi) is 6.21. The van der Waals surface area contributed by atoms with Crippen molar-refractivity contribution in [2.75, 3.05) is 11.9 Å². The minimum Gasteiger partial charge on any atom is -0.390 e. The van der Waals surface area contributed by atoms with Crippen LogP contribution in [0.5, 0.6) is 0 Å². The predicted octanol–water partition coefficient (Wildman–Crippen LogP) is 4.35. The SMILES string of the molecule is Cl.O=[N+]([O-])c1nc(CCCNc2ccc3ccc(C(F)(F)F)cc3n2)c[nH]1. The molecular weight excluding hydrogens is 387 g/mol. The fraction of sp³-hybridized carbons (Fsp3) is 0.250. The first-order valence-electron chi connectivity index (χ1n) is 7.73. The Labute approximate surface area is 157 Å². The van der Waals surface area contributed by atoms with Crippen molar-refractivity contribution in [1.29, 1.82) is 0 Å². The number of aromatic amines is 1. The van der Waals surface area contributed by atoms with Crippen LogP contribution < -0.4 is 5.32 Å². The highest BCUT2D eigenvalue weighted by Crippen LogP contribution is 2.31. The predicted molar refractivity (Wildman–Crippen MR) is 96.0 cm³/mol. The number of nitrogens with zero attached hydrogens (tertiary/aromatic N) is 3.